The van der Waals surface area contributed by atoms with Crippen LogP contribution in [-0.4, -0.2) is 27.7 Å². The molecule has 1 aromatic rings. The Morgan fingerprint density at radius 3 is 2.93 bits per heavy atom. The van der Waals surface area contributed by atoms with Gasteiger partial charge in [-0.1, -0.05) is 0 Å². The second-order valence-electron chi connectivity index (χ2n) is 3.01. The van der Waals surface area contributed by atoms with Crippen molar-refractivity contribution in [1.82, 2.24) is 4.98 Å². The Morgan fingerprint density at radius 2 is 2.47 bits per heavy atom. The molecular formula is C8H10BrN3O3. The van der Waals surface area contributed by atoms with E-state index in [1.807, 2.05) is 0 Å². The molecule has 0 bridgehead atoms. The highest BCUT2D eigenvalue weighted by Crippen LogP contribution is 2.24. The summed E-state index contributed by atoms with van der Waals surface area (Å²) in [6.07, 6.45) is 0.656. The topological polar surface area (TPSA) is 88.3 Å². The van der Waals surface area contributed by atoms with E-state index in [1.165, 1.54) is 6.07 Å². The molecule has 1 atom stereocenters. The monoisotopic (exact) mass is 275 g/mol. The van der Waals surface area contributed by atoms with Crippen molar-refractivity contribution in [2.45, 2.75) is 13.0 Å². The van der Waals surface area contributed by atoms with Crippen molar-refractivity contribution in [3.05, 3.63) is 26.9 Å². The first-order valence-corrected chi connectivity index (χ1v) is 5.02. The normalized spacial score (nSPS) is 12.2. The lowest BCUT2D eigenvalue weighted by molar-refractivity contribution is -0.385. The number of aliphatic hydroxyl groups is 1. The molecule has 0 aliphatic carbocycles. The van der Waals surface area contributed by atoms with Gasteiger partial charge >= 0.3 is 0 Å². The smallest absolute Gasteiger partial charge is 0.288 e. The number of halogens is 1. The molecule has 15 heavy (non-hydrogen) atoms. The van der Waals surface area contributed by atoms with E-state index in [1.54, 1.807) is 6.92 Å². The number of aliphatic hydroxyl groups excluding tert-OH is 1. The maximum absolute atomic E-state index is 10.4. The number of pyridine rings is 1. The van der Waals surface area contributed by atoms with Gasteiger partial charge in [-0.15, -0.1) is 0 Å². The lowest BCUT2D eigenvalue weighted by Crippen LogP contribution is -2.16. The number of aromatic nitrogens is 1. The molecule has 1 heterocycles. The van der Waals surface area contributed by atoms with Gasteiger partial charge in [0.1, 0.15) is 12.0 Å². The van der Waals surface area contributed by atoms with Gasteiger partial charge in [0, 0.05) is 12.6 Å². The average molecular weight is 276 g/mol. The number of nitro groups is 1. The van der Waals surface area contributed by atoms with E-state index in [9.17, 15) is 10.1 Å². The highest BCUT2D eigenvalue weighted by molar-refractivity contribution is 9.10. The highest BCUT2D eigenvalue weighted by Gasteiger charge is 2.10. The van der Waals surface area contributed by atoms with Crippen molar-refractivity contribution in [1.29, 1.82) is 0 Å². The van der Waals surface area contributed by atoms with Crippen LogP contribution in [0.4, 0.5) is 11.5 Å². The maximum Gasteiger partial charge on any atom is 0.288 e. The SMILES string of the molecule is CC(O)CNc1ncc([N+](=O)[O-])cc1Br. The number of hydrogen-bond donors (Lipinski definition) is 2. The van der Waals surface area contributed by atoms with Crippen LogP contribution in [0.3, 0.4) is 0 Å². The Labute approximate surface area is 94.6 Å². The minimum atomic E-state index is -0.518. The zero-order chi connectivity index (χ0) is 11.4. The van der Waals surface area contributed by atoms with Crippen LogP contribution in [0.1, 0.15) is 6.92 Å². The largest absolute Gasteiger partial charge is 0.392 e. The van der Waals surface area contributed by atoms with E-state index in [0.29, 0.717) is 16.8 Å². The number of nitrogens with zero attached hydrogens (tertiary/aromatic N) is 2. The second kappa shape index (κ2) is 5.04. The van der Waals surface area contributed by atoms with Crippen molar-refractivity contribution in [2.75, 3.05) is 11.9 Å². The summed E-state index contributed by atoms with van der Waals surface area (Å²) in [5.41, 5.74) is -0.0792. The molecule has 0 aliphatic rings. The molecule has 82 valence electrons. The van der Waals surface area contributed by atoms with Gasteiger partial charge in [-0.25, -0.2) is 4.98 Å². The molecule has 2 N–H and O–H groups in total. The molecule has 0 aromatic carbocycles. The standard InChI is InChI=1S/C8H10BrN3O3/c1-5(13)3-10-8-7(9)2-6(4-11-8)12(14)15/h2,4-5,13H,3H2,1H3,(H,10,11). The summed E-state index contributed by atoms with van der Waals surface area (Å²) in [5.74, 6) is 0.474. The molecule has 1 unspecified atom stereocenters. The van der Waals surface area contributed by atoms with Crippen molar-refractivity contribution >= 4 is 27.4 Å². The zero-order valence-corrected chi connectivity index (χ0v) is 9.56. The number of nitrogens with one attached hydrogen (secondary N) is 1. The first-order chi connectivity index (χ1) is 7.00. The van der Waals surface area contributed by atoms with Gasteiger partial charge in [-0.2, -0.15) is 0 Å². The van der Waals surface area contributed by atoms with Crippen LogP contribution in [0.2, 0.25) is 0 Å². The predicted octanol–water partition coefficient (Wildman–Crippen LogP) is 1.54. The average Bonchev–Trinajstić information content (AvgIpc) is 2.15. The van der Waals surface area contributed by atoms with Crippen molar-refractivity contribution in [3.8, 4) is 0 Å². The predicted molar refractivity (Wildman–Crippen MR) is 58.8 cm³/mol. The van der Waals surface area contributed by atoms with Crippen LogP contribution in [-0.2, 0) is 0 Å². The fraction of sp³-hybridized carbons (Fsp3) is 0.375. The Kier molecular flexibility index (Phi) is 3.98. The molecule has 7 heteroatoms. The Morgan fingerprint density at radius 1 is 1.80 bits per heavy atom. The molecule has 0 aliphatic heterocycles. The van der Waals surface area contributed by atoms with Crippen LogP contribution in [0, 0.1) is 10.1 Å². The molecule has 0 radical (unpaired) electrons. The van der Waals surface area contributed by atoms with Gasteiger partial charge in [0.25, 0.3) is 5.69 Å². The van der Waals surface area contributed by atoms with Crippen molar-refractivity contribution in [2.24, 2.45) is 0 Å². The van der Waals surface area contributed by atoms with Gasteiger partial charge in [-0.3, -0.25) is 10.1 Å². The molecule has 0 saturated heterocycles. The Balaban J connectivity index is 2.79. The van der Waals surface area contributed by atoms with Gasteiger partial charge < -0.3 is 10.4 Å². The van der Waals surface area contributed by atoms with E-state index in [-0.39, 0.29) is 5.69 Å². The summed E-state index contributed by atoms with van der Waals surface area (Å²) in [5, 5.41) is 22.3. The molecule has 0 saturated carbocycles. The fourth-order valence-electron chi connectivity index (χ4n) is 0.902. The minimum absolute atomic E-state index is 0.0792. The molecule has 0 spiro atoms. The molecule has 1 rings (SSSR count). The Hall–Kier alpha value is -1.21. The van der Waals surface area contributed by atoms with Gasteiger partial charge in [-0.05, 0) is 22.9 Å². The van der Waals surface area contributed by atoms with E-state index >= 15 is 0 Å². The molecule has 1 aromatic heterocycles. The van der Waals surface area contributed by atoms with Gasteiger partial charge in [0.2, 0.25) is 0 Å². The maximum atomic E-state index is 10.4. The molecular weight excluding hydrogens is 266 g/mol. The van der Waals surface area contributed by atoms with E-state index in [2.05, 4.69) is 26.2 Å². The number of anilines is 1. The third-order valence-electron chi connectivity index (χ3n) is 1.60. The Bertz CT molecular complexity index is 370. The number of rotatable bonds is 4. The van der Waals surface area contributed by atoms with E-state index in [0.717, 1.165) is 6.20 Å². The summed E-state index contributed by atoms with van der Waals surface area (Å²) in [7, 11) is 0. The van der Waals surface area contributed by atoms with Crippen LogP contribution in [0.15, 0.2) is 16.7 Å². The van der Waals surface area contributed by atoms with Crippen LogP contribution < -0.4 is 5.32 Å². The summed E-state index contributed by atoms with van der Waals surface area (Å²) in [6.45, 7) is 1.97. The van der Waals surface area contributed by atoms with Gasteiger partial charge in [0.05, 0.1) is 15.5 Å². The minimum Gasteiger partial charge on any atom is -0.392 e. The zero-order valence-electron chi connectivity index (χ0n) is 7.98. The van der Waals surface area contributed by atoms with Gasteiger partial charge in [0.15, 0.2) is 0 Å². The lowest BCUT2D eigenvalue weighted by Gasteiger charge is -2.08. The van der Waals surface area contributed by atoms with Crippen LogP contribution in [0.5, 0.6) is 0 Å². The summed E-state index contributed by atoms with van der Waals surface area (Å²) in [6, 6.07) is 1.36. The third kappa shape index (κ3) is 3.45. The molecule has 0 amide bonds. The summed E-state index contributed by atoms with van der Waals surface area (Å²) < 4.78 is 0.498. The van der Waals surface area contributed by atoms with Crippen molar-refractivity contribution < 1.29 is 10.0 Å². The first kappa shape index (κ1) is 11.9. The fourth-order valence-corrected chi connectivity index (χ4v) is 1.38. The highest BCUT2D eigenvalue weighted by atomic mass is 79.9. The van der Waals surface area contributed by atoms with Crippen LogP contribution >= 0.6 is 15.9 Å². The van der Waals surface area contributed by atoms with E-state index < -0.39 is 11.0 Å². The van der Waals surface area contributed by atoms with E-state index in [4.69, 9.17) is 5.11 Å². The summed E-state index contributed by atoms with van der Waals surface area (Å²) in [4.78, 5) is 13.8. The third-order valence-corrected chi connectivity index (χ3v) is 2.21. The van der Waals surface area contributed by atoms with Crippen LogP contribution in [0.25, 0.3) is 0 Å². The quantitative estimate of drug-likeness (QED) is 0.643. The second-order valence-corrected chi connectivity index (χ2v) is 3.87. The summed E-state index contributed by atoms with van der Waals surface area (Å²) >= 11 is 3.15. The molecule has 0 fully saturated rings. The lowest BCUT2D eigenvalue weighted by atomic mass is 10.4. The number of hydrogen-bond acceptors (Lipinski definition) is 5. The first-order valence-electron chi connectivity index (χ1n) is 4.22. The van der Waals surface area contributed by atoms with Crippen molar-refractivity contribution in [3.63, 3.8) is 0 Å². The molecule has 6 nitrogen and oxygen atoms in total.